The Balaban J connectivity index is 1.30. The van der Waals surface area contributed by atoms with Crippen molar-refractivity contribution < 1.29 is 14.3 Å². The van der Waals surface area contributed by atoms with Crippen LogP contribution < -0.4 is 0 Å². The number of piperidine rings is 1. The number of nitrogens with zero attached hydrogens (tertiary/aromatic N) is 4. The Kier molecular flexibility index (Phi) is 6.14. The van der Waals surface area contributed by atoms with E-state index in [4.69, 9.17) is 4.74 Å². The first-order valence-corrected chi connectivity index (χ1v) is 12.6. The lowest BCUT2D eigenvalue weighted by molar-refractivity contribution is -0.151. The van der Waals surface area contributed by atoms with Crippen LogP contribution in [0.1, 0.15) is 45.6 Å². The van der Waals surface area contributed by atoms with E-state index < -0.39 is 0 Å². The number of fused-ring (bicyclic) bond motifs is 1. The van der Waals surface area contributed by atoms with Crippen molar-refractivity contribution in [2.45, 2.75) is 56.0 Å². The zero-order chi connectivity index (χ0) is 22.9. The quantitative estimate of drug-likeness (QED) is 0.416. The molecule has 1 saturated carbocycles. The molecule has 0 spiro atoms. The van der Waals surface area contributed by atoms with Gasteiger partial charge in [-0.1, -0.05) is 30.0 Å². The SMILES string of the molecule is CCOC(=O)C1CCN(C(=O)[C@@H](C)Sc2nnc(-c3c[nH]c4ccccc34)n2C2CC2)CC1. The third-order valence-electron chi connectivity index (χ3n) is 6.46. The highest BCUT2D eigenvalue weighted by molar-refractivity contribution is 8.00. The number of hydrogen-bond donors (Lipinski definition) is 1. The molecule has 174 valence electrons. The van der Waals surface area contributed by atoms with Gasteiger partial charge in [0.25, 0.3) is 0 Å². The van der Waals surface area contributed by atoms with Gasteiger partial charge in [-0.3, -0.25) is 14.2 Å². The van der Waals surface area contributed by atoms with Gasteiger partial charge in [-0.2, -0.15) is 0 Å². The maximum atomic E-state index is 13.1. The van der Waals surface area contributed by atoms with Crippen molar-refractivity contribution >= 4 is 34.5 Å². The standard InChI is InChI=1S/C24H29N5O3S/c1-3-32-23(31)16-10-12-28(13-11-16)22(30)15(2)33-24-27-26-21(29(24)17-8-9-17)19-14-25-20-7-5-4-6-18(19)20/h4-7,14-17,25H,3,8-13H2,1-2H3/t15-/m1/s1. The summed E-state index contributed by atoms with van der Waals surface area (Å²) in [5, 5.41) is 10.7. The van der Waals surface area contributed by atoms with Gasteiger partial charge in [0.05, 0.1) is 17.8 Å². The second kappa shape index (κ2) is 9.21. The van der Waals surface area contributed by atoms with E-state index in [0.29, 0.717) is 38.6 Å². The highest BCUT2D eigenvalue weighted by atomic mass is 32.2. The van der Waals surface area contributed by atoms with Crippen LogP contribution in [0.3, 0.4) is 0 Å². The summed E-state index contributed by atoms with van der Waals surface area (Å²) in [7, 11) is 0. The molecule has 1 aromatic carbocycles. The molecule has 1 aliphatic carbocycles. The van der Waals surface area contributed by atoms with Gasteiger partial charge >= 0.3 is 5.97 Å². The molecule has 0 bridgehead atoms. The summed E-state index contributed by atoms with van der Waals surface area (Å²) >= 11 is 1.48. The molecule has 2 aromatic heterocycles. The Labute approximate surface area is 197 Å². The van der Waals surface area contributed by atoms with Crippen molar-refractivity contribution in [2.75, 3.05) is 19.7 Å². The van der Waals surface area contributed by atoms with Crippen LogP contribution in [0, 0.1) is 5.92 Å². The fraction of sp³-hybridized carbons (Fsp3) is 0.500. The van der Waals surface area contributed by atoms with Crippen molar-refractivity contribution in [2.24, 2.45) is 5.92 Å². The van der Waals surface area contributed by atoms with Gasteiger partial charge in [-0.15, -0.1) is 10.2 Å². The number of thioether (sulfide) groups is 1. The molecule has 1 aliphatic heterocycles. The summed E-state index contributed by atoms with van der Waals surface area (Å²) in [4.78, 5) is 30.3. The number of nitrogens with one attached hydrogen (secondary N) is 1. The number of para-hydroxylation sites is 1. The molecular weight excluding hydrogens is 438 g/mol. The molecule has 0 unspecified atom stereocenters. The molecule has 1 saturated heterocycles. The number of benzene rings is 1. The molecule has 8 nitrogen and oxygen atoms in total. The first-order valence-electron chi connectivity index (χ1n) is 11.7. The van der Waals surface area contributed by atoms with Crippen molar-refractivity contribution in [1.82, 2.24) is 24.6 Å². The molecule has 3 aromatic rings. The molecule has 33 heavy (non-hydrogen) atoms. The minimum atomic E-state index is -0.276. The van der Waals surface area contributed by atoms with Crippen LogP contribution in [-0.2, 0) is 14.3 Å². The predicted molar refractivity (Wildman–Crippen MR) is 127 cm³/mol. The van der Waals surface area contributed by atoms with Gasteiger partial charge in [0.2, 0.25) is 5.91 Å². The van der Waals surface area contributed by atoms with Crippen LogP contribution in [0.15, 0.2) is 35.6 Å². The highest BCUT2D eigenvalue weighted by Crippen LogP contribution is 2.43. The number of rotatable bonds is 7. The predicted octanol–water partition coefficient (Wildman–Crippen LogP) is 4.04. The van der Waals surface area contributed by atoms with E-state index in [9.17, 15) is 9.59 Å². The maximum absolute atomic E-state index is 13.1. The first kappa shape index (κ1) is 22.0. The third kappa shape index (κ3) is 4.38. The Hall–Kier alpha value is -2.81. The summed E-state index contributed by atoms with van der Waals surface area (Å²) in [5.41, 5.74) is 2.11. The van der Waals surface area contributed by atoms with Crippen molar-refractivity contribution in [1.29, 1.82) is 0 Å². The third-order valence-corrected chi connectivity index (χ3v) is 7.51. The van der Waals surface area contributed by atoms with E-state index >= 15 is 0 Å². The number of likely N-dealkylation sites (tertiary alicyclic amines) is 1. The fourth-order valence-corrected chi connectivity index (χ4v) is 5.52. The number of esters is 1. The lowest BCUT2D eigenvalue weighted by Gasteiger charge is -2.32. The Morgan fingerprint density at radius 3 is 2.67 bits per heavy atom. The van der Waals surface area contributed by atoms with E-state index in [1.807, 2.05) is 37.1 Å². The number of hydrogen-bond acceptors (Lipinski definition) is 6. The summed E-state index contributed by atoms with van der Waals surface area (Å²) in [5.74, 6) is 0.691. The average molecular weight is 468 g/mol. The Bertz CT molecular complexity index is 1160. The van der Waals surface area contributed by atoms with Crippen LogP contribution >= 0.6 is 11.8 Å². The highest BCUT2D eigenvalue weighted by Gasteiger charge is 2.34. The van der Waals surface area contributed by atoms with Gasteiger partial charge in [0, 0.05) is 41.8 Å². The van der Waals surface area contributed by atoms with E-state index in [1.165, 1.54) is 11.8 Å². The number of carbonyl (C=O) groups excluding carboxylic acids is 2. The molecule has 3 heterocycles. The summed E-state index contributed by atoms with van der Waals surface area (Å²) in [6.45, 7) is 5.32. The van der Waals surface area contributed by atoms with Gasteiger partial charge < -0.3 is 14.6 Å². The van der Waals surface area contributed by atoms with Crippen molar-refractivity contribution in [3.05, 3.63) is 30.5 Å². The normalized spacial score (nSPS) is 17.9. The molecule has 1 amide bonds. The van der Waals surface area contributed by atoms with Crippen LogP contribution in [-0.4, -0.2) is 61.5 Å². The van der Waals surface area contributed by atoms with Gasteiger partial charge in [0.15, 0.2) is 11.0 Å². The molecule has 2 aliphatic rings. The van der Waals surface area contributed by atoms with E-state index in [2.05, 4.69) is 31.9 Å². The Morgan fingerprint density at radius 2 is 1.94 bits per heavy atom. The van der Waals surface area contributed by atoms with E-state index in [0.717, 1.165) is 40.3 Å². The van der Waals surface area contributed by atoms with Gasteiger partial charge in [-0.05, 0) is 45.6 Å². The number of aromatic amines is 1. The topological polar surface area (TPSA) is 93.1 Å². The Morgan fingerprint density at radius 1 is 1.18 bits per heavy atom. The molecule has 2 fully saturated rings. The number of amides is 1. The molecule has 1 atom stereocenters. The molecule has 9 heteroatoms. The maximum Gasteiger partial charge on any atom is 0.309 e. The molecule has 0 radical (unpaired) electrons. The minimum absolute atomic E-state index is 0.0845. The second-order valence-corrected chi connectivity index (χ2v) is 10.1. The fourth-order valence-electron chi connectivity index (χ4n) is 4.52. The number of carbonyl (C=O) groups is 2. The second-order valence-electron chi connectivity index (χ2n) is 8.77. The largest absolute Gasteiger partial charge is 0.466 e. The van der Waals surface area contributed by atoms with E-state index in [1.54, 1.807) is 0 Å². The van der Waals surface area contributed by atoms with Gasteiger partial charge in [0.1, 0.15) is 0 Å². The average Bonchev–Trinajstić information content (AvgIpc) is 3.45. The number of ether oxygens (including phenoxy) is 1. The van der Waals surface area contributed by atoms with Crippen LogP contribution in [0.5, 0.6) is 0 Å². The molecular formula is C24H29N5O3S. The zero-order valence-corrected chi connectivity index (χ0v) is 19.8. The van der Waals surface area contributed by atoms with Crippen LogP contribution in [0.4, 0.5) is 0 Å². The number of H-pyrrole nitrogens is 1. The summed E-state index contributed by atoms with van der Waals surface area (Å²) in [6.07, 6.45) is 5.51. The number of aromatic nitrogens is 4. The summed E-state index contributed by atoms with van der Waals surface area (Å²) < 4.78 is 7.34. The zero-order valence-electron chi connectivity index (χ0n) is 19.0. The van der Waals surface area contributed by atoms with Crippen LogP contribution in [0.25, 0.3) is 22.3 Å². The molecule has 5 rings (SSSR count). The monoisotopic (exact) mass is 467 g/mol. The van der Waals surface area contributed by atoms with Crippen molar-refractivity contribution in [3.8, 4) is 11.4 Å². The van der Waals surface area contributed by atoms with Crippen LogP contribution in [0.2, 0.25) is 0 Å². The smallest absolute Gasteiger partial charge is 0.309 e. The van der Waals surface area contributed by atoms with Crippen molar-refractivity contribution in [3.63, 3.8) is 0 Å². The lowest BCUT2D eigenvalue weighted by atomic mass is 9.97. The molecule has 1 N–H and O–H groups in total. The minimum Gasteiger partial charge on any atom is -0.466 e. The van der Waals surface area contributed by atoms with Gasteiger partial charge in [-0.25, -0.2) is 0 Å². The van der Waals surface area contributed by atoms with E-state index in [-0.39, 0.29) is 23.0 Å². The first-order chi connectivity index (χ1) is 16.1. The summed E-state index contributed by atoms with van der Waals surface area (Å²) in [6, 6.07) is 8.57. The lowest BCUT2D eigenvalue weighted by Crippen LogP contribution is -2.43.